The summed E-state index contributed by atoms with van der Waals surface area (Å²) < 4.78 is 27.9. The summed E-state index contributed by atoms with van der Waals surface area (Å²) in [6.07, 6.45) is 7.28. The Morgan fingerprint density at radius 2 is 1.89 bits per heavy atom. The molecule has 2 aromatic carbocycles. The van der Waals surface area contributed by atoms with Crippen LogP contribution in [-0.2, 0) is 10.0 Å². The molecule has 0 spiro atoms. The number of fused-ring (bicyclic) bond motifs is 1. The zero-order chi connectivity index (χ0) is 20.0. The topological polar surface area (TPSA) is 71.1 Å². The van der Waals surface area contributed by atoms with Crippen LogP contribution >= 0.6 is 11.6 Å². The summed E-state index contributed by atoms with van der Waals surface area (Å²) in [5, 5.41) is 5.44. The largest absolute Gasteiger partial charge is 0.309 e. The molecule has 0 aliphatic rings. The number of benzene rings is 2. The minimum atomic E-state index is -3.59. The Morgan fingerprint density at radius 1 is 1.11 bits per heavy atom. The van der Waals surface area contributed by atoms with Gasteiger partial charge in [0.05, 0.1) is 4.90 Å². The molecule has 1 atom stereocenters. The van der Waals surface area contributed by atoms with Gasteiger partial charge in [0.2, 0.25) is 10.0 Å². The van der Waals surface area contributed by atoms with Crippen molar-refractivity contribution in [3.63, 3.8) is 0 Å². The Morgan fingerprint density at radius 3 is 2.68 bits per heavy atom. The van der Waals surface area contributed by atoms with Crippen LogP contribution in [0.5, 0.6) is 0 Å². The molecule has 0 aliphatic carbocycles. The van der Waals surface area contributed by atoms with E-state index in [0.29, 0.717) is 23.5 Å². The molecule has 146 valence electrons. The maximum Gasteiger partial charge on any atom is 0.241 e. The number of halogens is 1. The maximum absolute atomic E-state index is 12.6. The van der Waals surface area contributed by atoms with Gasteiger partial charge in [-0.25, -0.2) is 13.1 Å². The van der Waals surface area contributed by atoms with Gasteiger partial charge in [-0.1, -0.05) is 48.0 Å². The lowest BCUT2D eigenvalue weighted by atomic mass is 10.2. The summed E-state index contributed by atoms with van der Waals surface area (Å²) >= 11 is 5.88. The monoisotopic (exact) mass is 415 g/mol. The van der Waals surface area contributed by atoms with Crippen LogP contribution in [0.1, 0.15) is 12.5 Å². The Bertz CT molecular complexity index is 1060. The number of rotatable bonds is 8. The van der Waals surface area contributed by atoms with Gasteiger partial charge < -0.3 is 5.32 Å². The Kier molecular flexibility index (Phi) is 6.80. The first-order valence-corrected chi connectivity index (χ1v) is 10.8. The lowest BCUT2D eigenvalue weighted by Gasteiger charge is -2.12. The third-order valence-corrected chi connectivity index (χ3v) is 6.03. The molecular weight excluding hydrogens is 394 g/mol. The number of pyridine rings is 1. The van der Waals surface area contributed by atoms with E-state index >= 15 is 0 Å². The summed E-state index contributed by atoms with van der Waals surface area (Å²) in [5.41, 5.74) is 1.06. The fourth-order valence-electron chi connectivity index (χ4n) is 2.79. The summed E-state index contributed by atoms with van der Waals surface area (Å²) in [7, 11) is -3.59. The van der Waals surface area contributed by atoms with Crippen molar-refractivity contribution >= 4 is 38.5 Å². The second kappa shape index (κ2) is 9.30. The van der Waals surface area contributed by atoms with Crippen molar-refractivity contribution in [3.8, 4) is 0 Å². The second-order valence-corrected chi connectivity index (χ2v) is 8.58. The number of aromatic nitrogens is 1. The summed E-state index contributed by atoms with van der Waals surface area (Å²) in [4.78, 5) is 4.30. The lowest BCUT2D eigenvalue weighted by Crippen LogP contribution is -2.35. The molecule has 2 N–H and O–H groups in total. The van der Waals surface area contributed by atoms with Gasteiger partial charge >= 0.3 is 0 Å². The highest BCUT2D eigenvalue weighted by Gasteiger charge is 2.16. The van der Waals surface area contributed by atoms with E-state index in [0.717, 1.165) is 10.9 Å². The molecule has 1 aromatic heterocycles. The van der Waals surface area contributed by atoms with Crippen LogP contribution in [0.15, 0.2) is 71.9 Å². The molecule has 1 heterocycles. The summed E-state index contributed by atoms with van der Waals surface area (Å²) in [5.74, 6) is 0. The Labute approximate surface area is 170 Å². The third kappa shape index (κ3) is 5.39. The highest BCUT2D eigenvalue weighted by atomic mass is 35.5. The number of hydrogen-bond acceptors (Lipinski definition) is 4. The van der Waals surface area contributed by atoms with E-state index < -0.39 is 10.0 Å². The molecule has 0 amide bonds. The Balaban J connectivity index is 1.53. The van der Waals surface area contributed by atoms with Crippen LogP contribution in [0.2, 0.25) is 5.02 Å². The molecule has 5 nitrogen and oxygen atoms in total. The van der Waals surface area contributed by atoms with Crippen LogP contribution in [-0.4, -0.2) is 32.5 Å². The van der Waals surface area contributed by atoms with E-state index in [1.807, 2.05) is 49.4 Å². The highest BCUT2D eigenvalue weighted by molar-refractivity contribution is 7.89. The predicted molar refractivity (Wildman–Crippen MR) is 115 cm³/mol. The van der Waals surface area contributed by atoms with Gasteiger partial charge in [0.15, 0.2) is 0 Å². The van der Waals surface area contributed by atoms with Crippen molar-refractivity contribution < 1.29 is 8.42 Å². The molecule has 28 heavy (non-hydrogen) atoms. The molecule has 3 aromatic rings. The van der Waals surface area contributed by atoms with Crippen LogP contribution in [0, 0.1) is 0 Å². The fraction of sp³-hybridized carbons (Fsp3) is 0.190. The van der Waals surface area contributed by atoms with Gasteiger partial charge in [-0.3, -0.25) is 4.98 Å². The molecule has 3 rings (SSSR count). The third-order valence-electron chi connectivity index (χ3n) is 4.26. The smallest absolute Gasteiger partial charge is 0.241 e. The minimum Gasteiger partial charge on any atom is -0.309 e. The van der Waals surface area contributed by atoms with Crippen LogP contribution in [0.25, 0.3) is 16.8 Å². The van der Waals surface area contributed by atoms with Gasteiger partial charge in [0.25, 0.3) is 0 Å². The van der Waals surface area contributed by atoms with Crippen LogP contribution in [0.4, 0.5) is 0 Å². The van der Waals surface area contributed by atoms with Gasteiger partial charge in [0, 0.05) is 47.3 Å². The second-order valence-electron chi connectivity index (χ2n) is 6.40. The van der Waals surface area contributed by atoms with Gasteiger partial charge in [-0.15, -0.1) is 0 Å². The Hall–Kier alpha value is -2.25. The highest BCUT2D eigenvalue weighted by Crippen LogP contribution is 2.21. The van der Waals surface area contributed by atoms with Crippen molar-refractivity contribution in [1.82, 2.24) is 15.0 Å². The predicted octanol–water partition coefficient (Wildman–Crippen LogP) is 3.86. The zero-order valence-corrected chi connectivity index (χ0v) is 17.0. The average molecular weight is 416 g/mol. The lowest BCUT2D eigenvalue weighted by molar-refractivity contribution is 0.571. The SMILES string of the molecule is CC(C=Cc1ccc(Cl)cc1)NCCNS(=O)(=O)c1cccc2cnccc12. The maximum atomic E-state index is 12.6. The fourth-order valence-corrected chi connectivity index (χ4v) is 4.17. The van der Waals surface area contributed by atoms with E-state index in [1.54, 1.807) is 30.6 Å². The molecular formula is C21H22ClN3O2S. The van der Waals surface area contributed by atoms with Crippen molar-refractivity contribution in [2.24, 2.45) is 0 Å². The molecule has 1 unspecified atom stereocenters. The van der Waals surface area contributed by atoms with Gasteiger partial charge in [-0.2, -0.15) is 0 Å². The summed E-state index contributed by atoms with van der Waals surface area (Å²) in [6.45, 7) is 2.82. The first-order chi connectivity index (χ1) is 13.5. The molecule has 0 bridgehead atoms. The number of nitrogens with one attached hydrogen (secondary N) is 2. The van der Waals surface area contributed by atoms with E-state index in [1.165, 1.54) is 0 Å². The number of nitrogens with zero attached hydrogens (tertiary/aromatic N) is 1. The quantitative estimate of drug-likeness (QED) is 0.548. The standard InChI is InChI=1S/C21H22ClN3O2S/c1-16(5-6-17-7-9-19(22)10-8-17)24-13-14-25-28(26,27)21-4-2-3-18-15-23-12-11-20(18)21/h2-12,15-16,24-25H,13-14H2,1H3. The van der Waals surface area contributed by atoms with E-state index in [2.05, 4.69) is 15.0 Å². The first-order valence-electron chi connectivity index (χ1n) is 8.95. The molecule has 0 aliphatic heterocycles. The zero-order valence-electron chi connectivity index (χ0n) is 15.5. The van der Waals surface area contributed by atoms with Gasteiger partial charge in [-0.05, 0) is 36.8 Å². The summed E-state index contributed by atoms with van der Waals surface area (Å²) in [6, 6.07) is 14.6. The van der Waals surface area contributed by atoms with Crippen molar-refractivity contribution in [3.05, 3.63) is 77.6 Å². The van der Waals surface area contributed by atoms with E-state index in [-0.39, 0.29) is 10.9 Å². The molecule has 0 saturated carbocycles. The number of sulfonamides is 1. The minimum absolute atomic E-state index is 0.101. The van der Waals surface area contributed by atoms with Gasteiger partial charge in [0.1, 0.15) is 0 Å². The number of hydrogen-bond donors (Lipinski definition) is 2. The molecule has 0 radical (unpaired) electrons. The average Bonchev–Trinajstić information content (AvgIpc) is 2.70. The van der Waals surface area contributed by atoms with Crippen molar-refractivity contribution in [1.29, 1.82) is 0 Å². The van der Waals surface area contributed by atoms with E-state index in [4.69, 9.17) is 11.6 Å². The van der Waals surface area contributed by atoms with Crippen molar-refractivity contribution in [2.45, 2.75) is 17.9 Å². The van der Waals surface area contributed by atoms with Crippen LogP contribution in [0.3, 0.4) is 0 Å². The molecule has 0 saturated heterocycles. The normalized spacial score (nSPS) is 13.2. The first kappa shape index (κ1) is 20.5. The van der Waals surface area contributed by atoms with Crippen LogP contribution < -0.4 is 10.0 Å². The van der Waals surface area contributed by atoms with E-state index in [9.17, 15) is 8.42 Å². The van der Waals surface area contributed by atoms with Crippen molar-refractivity contribution in [2.75, 3.05) is 13.1 Å². The molecule has 0 fully saturated rings. The molecule has 7 heteroatoms.